The molecule has 2 aliphatic carbocycles. The molecule has 13 aromatic rings. The zero-order valence-electron chi connectivity index (χ0n) is 50.4. The minimum atomic E-state index is -0.616. The molecule has 0 aromatic heterocycles. The van der Waals surface area contributed by atoms with E-state index in [1.807, 2.05) is 0 Å². The fourth-order valence-corrected chi connectivity index (χ4v) is 15.0. The summed E-state index contributed by atoms with van der Waals surface area (Å²) in [5, 5.41) is 2.44. The zero-order chi connectivity index (χ0) is 59.1. The smallest absolute Gasteiger partial charge is 0.0714 e. The van der Waals surface area contributed by atoms with Crippen LogP contribution in [-0.2, 0) is 21.7 Å². The minimum Gasteiger partial charge on any atom is -0.309 e. The second-order valence-corrected chi connectivity index (χ2v) is 25.9. The number of rotatable bonds is 10. The van der Waals surface area contributed by atoms with Crippen molar-refractivity contribution in [3.63, 3.8) is 0 Å². The number of nitrogens with zero attached hydrogens (tertiary/aromatic N) is 1. The van der Waals surface area contributed by atoms with Crippen molar-refractivity contribution in [3.8, 4) is 55.6 Å². The third-order valence-electron chi connectivity index (χ3n) is 18.9. The molecule has 1 nitrogen and oxygen atoms in total. The van der Waals surface area contributed by atoms with Crippen LogP contribution < -0.4 is 4.90 Å². The Labute approximate surface area is 513 Å². The largest absolute Gasteiger partial charge is 0.309 e. The first-order valence-corrected chi connectivity index (χ1v) is 30.8. The van der Waals surface area contributed by atoms with Gasteiger partial charge in [-0.15, -0.1) is 0 Å². The zero-order valence-corrected chi connectivity index (χ0v) is 50.4. The number of hydrogen-bond acceptors (Lipinski definition) is 1. The Morgan fingerprint density at radius 1 is 0.253 bits per heavy atom. The predicted octanol–water partition coefficient (Wildman–Crippen LogP) is 22.6. The minimum absolute atomic E-state index is 0.0530. The monoisotopic (exact) mass is 1120 g/mol. The number of hydrogen-bond donors (Lipinski definition) is 0. The van der Waals surface area contributed by atoms with Gasteiger partial charge in [-0.3, -0.25) is 0 Å². The van der Waals surface area contributed by atoms with Gasteiger partial charge in [0.05, 0.1) is 27.9 Å². The summed E-state index contributed by atoms with van der Waals surface area (Å²) in [6, 6.07) is 117. The lowest BCUT2D eigenvalue weighted by Crippen LogP contribution is -2.28. The van der Waals surface area contributed by atoms with Gasteiger partial charge in [0.25, 0.3) is 0 Å². The Bertz CT molecular complexity index is 4630. The molecule has 0 fully saturated rings. The maximum atomic E-state index is 2.63. The van der Waals surface area contributed by atoms with Crippen LogP contribution in [0.2, 0.25) is 0 Å². The summed E-state index contributed by atoms with van der Waals surface area (Å²) in [5.74, 6) is 0. The standard InChI is InChI=1S/C86H69N/c1-83(2,3)64-55-59(56-65(57-64)84(4,5)6)66-45-27-31-58-32-28-46-69(80(58)66)67-41-21-25-52-77(67)87(79-54-30-51-76-82(79)72-44-20-24-49-74(72)86(76,62-37-15-9-16-38-62)63-39-17-10-18-40-63)78-53-26-22-42-68(78)70-47-29-50-75-81(70)71-43-19-23-48-73(71)85(75,60-33-11-7-12-34-60)61-35-13-8-14-36-61/h7-57H,1-6H3. The second-order valence-electron chi connectivity index (χ2n) is 25.9. The van der Waals surface area contributed by atoms with E-state index in [1.54, 1.807) is 0 Å². The van der Waals surface area contributed by atoms with E-state index in [-0.39, 0.29) is 10.8 Å². The van der Waals surface area contributed by atoms with E-state index in [0.717, 1.165) is 28.2 Å². The maximum absolute atomic E-state index is 2.63. The van der Waals surface area contributed by atoms with Gasteiger partial charge >= 0.3 is 0 Å². The normalized spacial score (nSPS) is 13.6. The highest BCUT2D eigenvalue weighted by Gasteiger charge is 2.49. The molecule has 2 aliphatic rings. The predicted molar refractivity (Wildman–Crippen MR) is 367 cm³/mol. The molecule has 0 saturated heterocycles. The Balaban J connectivity index is 1.05. The highest BCUT2D eigenvalue weighted by Crippen LogP contribution is 2.63. The van der Waals surface area contributed by atoms with Crippen molar-refractivity contribution < 1.29 is 0 Å². The molecule has 0 amide bonds. The third kappa shape index (κ3) is 8.42. The first-order chi connectivity index (χ1) is 42.5. The highest BCUT2D eigenvalue weighted by molar-refractivity contribution is 6.11. The fraction of sp³-hybridized carbons (Fsp3) is 0.116. The Morgan fingerprint density at radius 2 is 0.586 bits per heavy atom. The van der Waals surface area contributed by atoms with Crippen LogP contribution in [0, 0.1) is 0 Å². The molecule has 0 heterocycles. The van der Waals surface area contributed by atoms with E-state index in [2.05, 4.69) is 356 Å². The summed E-state index contributed by atoms with van der Waals surface area (Å²) in [7, 11) is 0. The Kier molecular flexibility index (Phi) is 12.9. The van der Waals surface area contributed by atoms with E-state index in [4.69, 9.17) is 0 Å². The molecule has 0 N–H and O–H groups in total. The molecule has 0 spiro atoms. The van der Waals surface area contributed by atoms with Gasteiger partial charge in [-0.1, -0.05) is 333 Å². The highest BCUT2D eigenvalue weighted by atomic mass is 15.2. The summed E-state index contributed by atoms with van der Waals surface area (Å²) < 4.78 is 0. The number of para-hydroxylation sites is 2. The summed E-state index contributed by atoms with van der Waals surface area (Å²) >= 11 is 0. The molecule has 1 heteroatoms. The molecule has 0 atom stereocenters. The van der Waals surface area contributed by atoms with Gasteiger partial charge in [0.1, 0.15) is 0 Å². The molecule has 87 heavy (non-hydrogen) atoms. The topological polar surface area (TPSA) is 3.24 Å². The maximum Gasteiger partial charge on any atom is 0.0714 e. The molecule has 0 bridgehead atoms. The average molecular weight is 1120 g/mol. The number of fused-ring (bicyclic) bond motifs is 7. The van der Waals surface area contributed by atoms with Gasteiger partial charge in [-0.25, -0.2) is 0 Å². The van der Waals surface area contributed by atoms with Crippen molar-refractivity contribution in [2.24, 2.45) is 0 Å². The molecule has 13 aromatic carbocycles. The van der Waals surface area contributed by atoms with E-state index in [0.29, 0.717) is 0 Å². The van der Waals surface area contributed by atoms with E-state index < -0.39 is 10.8 Å². The van der Waals surface area contributed by atoms with Crippen LogP contribution in [0.25, 0.3) is 66.4 Å². The van der Waals surface area contributed by atoms with Crippen LogP contribution in [0.3, 0.4) is 0 Å². The summed E-state index contributed by atoms with van der Waals surface area (Å²) in [4.78, 5) is 2.63. The van der Waals surface area contributed by atoms with Crippen molar-refractivity contribution in [1.29, 1.82) is 0 Å². The third-order valence-corrected chi connectivity index (χ3v) is 18.9. The molecular weight excluding hydrogens is 1050 g/mol. The first kappa shape index (κ1) is 53.6. The lowest BCUT2D eigenvalue weighted by atomic mass is 9.67. The second kappa shape index (κ2) is 20.9. The first-order valence-electron chi connectivity index (χ1n) is 30.8. The van der Waals surface area contributed by atoms with Gasteiger partial charge < -0.3 is 4.90 Å². The summed E-state index contributed by atoms with van der Waals surface area (Å²) in [5.41, 5.74) is 26.8. The van der Waals surface area contributed by atoms with Gasteiger partial charge in [0, 0.05) is 16.7 Å². The van der Waals surface area contributed by atoms with E-state index in [1.165, 1.54) is 111 Å². The van der Waals surface area contributed by atoms with Crippen LogP contribution in [-0.4, -0.2) is 0 Å². The summed E-state index contributed by atoms with van der Waals surface area (Å²) in [6.45, 7) is 14.0. The van der Waals surface area contributed by atoms with Crippen molar-refractivity contribution >= 4 is 27.8 Å². The Hall–Kier alpha value is -10.1. The van der Waals surface area contributed by atoms with Gasteiger partial charge in [0.15, 0.2) is 0 Å². The molecule has 15 rings (SSSR count). The molecule has 418 valence electrons. The van der Waals surface area contributed by atoms with Crippen LogP contribution in [0.15, 0.2) is 309 Å². The molecule has 0 aliphatic heterocycles. The quantitative estimate of drug-likeness (QED) is 0.132. The number of anilines is 3. The van der Waals surface area contributed by atoms with Crippen molar-refractivity contribution in [2.45, 2.75) is 63.2 Å². The van der Waals surface area contributed by atoms with Crippen LogP contribution in [0.4, 0.5) is 17.1 Å². The molecule has 0 saturated carbocycles. The van der Waals surface area contributed by atoms with Gasteiger partial charge in [0.2, 0.25) is 0 Å². The lowest BCUT2D eigenvalue weighted by Gasteiger charge is -2.35. The number of benzene rings is 13. The average Bonchev–Trinajstić information content (AvgIpc) is 1.60. The molecule has 0 unspecified atom stereocenters. The lowest BCUT2D eigenvalue weighted by molar-refractivity contribution is 0.569. The SMILES string of the molecule is CC(C)(C)c1cc(-c2cccc3cccc(-c4ccccc4N(c4ccccc4-c4cccc5c4-c4ccccc4C5(c4ccccc4)c4ccccc4)c4cccc5c4-c4ccccc4C5(c4ccccc4)c4ccccc4)c23)cc(C(C)(C)C)c1. The summed E-state index contributed by atoms with van der Waals surface area (Å²) in [6.07, 6.45) is 0. The van der Waals surface area contributed by atoms with Gasteiger partial charge in [-0.05, 0) is 134 Å². The van der Waals surface area contributed by atoms with Crippen molar-refractivity contribution in [2.75, 3.05) is 4.90 Å². The van der Waals surface area contributed by atoms with E-state index >= 15 is 0 Å². The van der Waals surface area contributed by atoms with Gasteiger partial charge in [-0.2, -0.15) is 0 Å². The molecular formula is C86H69N. The fourth-order valence-electron chi connectivity index (χ4n) is 15.0. The van der Waals surface area contributed by atoms with E-state index in [9.17, 15) is 0 Å². The van der Waals surface area contributed by atoms with Crippen molar-refractivity contribution in [1.82, 2.24) is 0 Å². The van der Waals surface area contributed by atoms with Crippen molar-refractivity contribution in [3.05, 3.63) is 365 Å². The van der Waals surface area contributed by atoms with Crippen LogP contribution in [0.5, 0.6) is 0 Å². The molecule has 0 radical (unpaired) electrons. The van der Waals surface area contributed by atoms with Crippen LogP contribution >= 0.6 is 0 Å². The Morgan fingerprint density at radius 3 is 1.07 bits per heavy atom. The van der Waals surface area contributed by atoms with Crippen LogP contribution in [0.1, 0.15) is 97.2 Å².